The zero-order valence-electron chi connectivity index (χ0n) is 12.1. The minimum Gasteiger partial charge on any atom is -0.348 e. The molecule has 0 aromatic heterocycles. The fraction of sp³-hybridized carbons (Fsp3) is 0.846. The lowest BCUT2D eigenvalue weighted by molar-refractivity contribution is -0.134. The second-order valence-corrected chi connectivity index (χ2v) is 5.19. The second kappa shape index (κ2) is 8.12. The van der Waals surface area contributed by atoms with Crippen molar-refractivity contribution < 1.29 is 9.59 Å². The van der Waals surface area contributed by atoms with E-state index in [9.17, 15) is 9.59 Å². The summed E-state index contributed by atoms with van der Waals surface area (Å²) in [6.45, 7) is 4.10. The molecule has 1 rings (SSSR count). The Hall–Kier alpha value is -1.14. The summed E-state index contributed by atoms with van der Waals surface area (Å²) in [5.41, 5.74) is 5.41. The van der Waals surface area contributed by atoms with Crippen LogP contribution in [0.2, 0.25) is 0 Å². The topological polar surface area (TPSA) is 69.9 Å². The van der Waals surface area contributed by atoms with E-state index in [0.717, 1.165) is 39.0 Å². The first kappa shape index (κ1) is 15.9. The van der Waals surface area contributed by atoms with Crippen LogP contribution in [0.5, 0.6) is 0 Å². The number of hydrogen-bond donors (Lipinski definition) is 1. The van der Waals surface area contributed by atoms with Crippen molar-refractivity contribution in [2.24, 2.45) is 5.73 Å². The van der Waals surface area contributed by atoms with Crippen LogP contribution in [0, 0.1) is 0 Å². The van der Waals surface area contributed by atoms with Crippen LogP contribution >= 0.6 is 0 Å². The van der Waals surface area contributed by atoms with E-state index in [4.69, 9.17) is 5.73 Å². The zero-order valence-corrected chi connectivity index (χ0v) is 12.1. The van der Waals surface area contributed by atoms with Gasteiger partial charge in [0.2, 0.25) is 11.8 Å². The van der Waals surface area contributed by atoms with Gasteiger partial charge in [0.05, 0.1) is 6.54 Å². The highest BCUT2D eigenvalue weighted by Gasteiger charge is 2.22. The van der Waals surface area contributed by atoms with Gasteiger partial charge in [0.25, 0.3) is 0 Å². The van der Waals surface area contributed by atoms with Crippen molar-refractivity contribution in [3.05, 3.63) is 0 Å². The number of carbonyl (C=O) groups excluding carboxylic acids is 2. The number of rotatable bonds is 6. The van der Waals surface area contributed by atoms with E-state index in [2.05, 4.69) is 4.90 Å². The van der Waals surface area contributed by atoms with Gasteiger partial charge in [-0.1, -0.05) is 0 Å². The number of amides is 2. The van der Waals surface area contributed by atoms with E-state index in [-0.39, 0.29) is 11.8 Å². The summed E-state index contributed by atoms with van der Waals surface area (Å²) < 4.78 is 0. The normalized spacial score (nSPS) is 16.5. The Morgan fingerprint density at radius 3 is 2.26 bits per heavy atom. The van der Waals surface area contributed by atoms with Crippen LogP contribution in [0.3, 0.4) is 0 Å². The number of unbranched alkanes of at least 4 members (excludes halogenated alkanes) is 1. The summed E-state index contributed by atoms with van der Waals surface area (Å²) in [5.74, 6) is 0.328. The SMILES string of the molecule is CN(C)C(=O)CN1CCN(C(=O)CCCCN)CC1. The summed E-state index contributed by atoms with van der Waals surface area (Å²) in [4.78, 5) is 29.1. The number of likely N-dealkylation sites (N-methyl/N-ethyl adjacent to an activating group) is 1. The van der Waals surface area contributed by atoms with Gasteiger partial charge in [-0.05, 0) is 19.4 Å². The Kier molecular flexibility index (Phi) is 6.80. The molecular formula is C13H26N4O2. The molecule has 0 saturated carbocycles. The molecular weight excluding hydrogens is 244 g/mol. The van der Waals surface area contributed by atoms with Gasteiger partial charge in [-0.25, -0.2) is 0 Å². The molecule has 6 heteroatoms. The third-order valence-electron chi connectivity index (χ3n) is 3.43. The van der Waals surface area contributed by atoms with E-state index >= 15 is 0 Å². The van der Waals surface area contributed by atoms with Gasteiger partial charge in [0.1, 0.15) is 0 Å². The van der Waals surface area contributed by atoms with Crippen LogP contribution < -0.4 is 5.73 Å². The average Bonchev–Trinajstić information content (AvgIpc) is 2.39. The third kappa shape index (κ3) is 5.57. The van der Waals surface area contributed by atoms with Crippen LogP contribution in [-0.2, 0) is 9.59 Å². The first-order valence-corrected chi connectivity index (χ1v) is 6.95. The molecule has 110 valence electrons. The van der Waals surface area contributed by atoms with E-state index in [1.54, 1.807) is 19.0 Å². The molecule has 2 N–H and O–H groups in total. The summed E-state index contributed by atoms with van der Waals surface area (Å²) in [6.07, 6.45) is 2.37. The molecule has 2 amide bonds. The highest BCUT2D eigenvalue weighted by molar-refractivity contribution is 5.78. The molecule has 0 aromatic rings. The molecule has 0 bridgehead atoms. The fourth-order valence-corrected chi connectivity index (χ4v) is 2.07. The molecule has 0 spiro atoms. The third-order valence-corrected chi connectivity index (χ3v) is 3.43. The van der Waals surface area contributed by atoms with E-state index in [1.807, 2.05) is 4.90 Å². The molecule has 1 saturated heterocycles. The Morgan fingerprint density at radius 2 is 1.74 bits per heavy atom. The Balaban J connectivity index is 2.24. The quantitative estimate of drug-likeness (QED) is 0.651. The summed E-state index contributed by atoms with van der Waals surface area (Å²) in [6, 6.07) is 0. The number of nitrogens with two attached hydrogens (primary N) is 1. The monoisotopic (exact) mass is 270 g/mol. The maximum atomic E-state index is 11.9. The van der Waals surface area contributed by atoms with Crippen molar-refractivity contribution in [3.63, 3.8) is 0 Å². The van der Waals surface area contributed by atoms with E-state index < -0.39 is 0 Å². The second-order valence-electron chi connectivity index (χ2n) is 5.19. The molecule has 1 fully saturated rings. The maximum absolute atomic E-state index is 11.9. The molecule has 19 heavy (non-hydrogen) atoms. The molecule has 1 aliphatic heterocycles. The van der Waals surface area contributed by atoms with Crippen LogP contribution in [0.4, 0.5) is 0 Å². The van der Waals surface area contributed by atoms with Crippen LogP contribution in [0.25, 0.3) is 0 Å². The molecule has 6 nitrogen and oxygen atoms in total. The number of carbonyl (C=O) groups is 2. The highest BCUT2D eigenvalue weighted by atomic mass is 16.2. The van der Waals surface area contributed by atoms with Crippen LogP contribution in [0.15, 0.2) is 0 Å². The smallest absolute Gasteiger partial charge is 0.236 e. The summed E-state index contributed by atoms with van der Waals surface area (Å²) in [7, 11) is 3.53. The van der Waals surface area contributed by atoms with Crippen LogP contribution in [0.1, 0.15) is 19.3 Å². The van der Waals surface area contributed by atoms with E-state index in [0.29, 0.717) is 19.5 Å². The van der Waals surface area contributed by atoms with Crippen molar-refractivity contribution in [2.45, 2.75) is 19.3 Å². The first-order chi connectivity index (χ1) is 9.04. The lowest BCUT2D eigenvalue weighted by Crippen LogP contribution is -2.51. The Morgan fingerprint density at radius 1 is 1.11 bits per heavy atom. The van der Waals surface area contributed by atoms with Crippen molar-refractivity contribution >= 4 is 11.8 Å². The number of nitrogens with zero attached hydrogens (tertiary/aromatic N) is 3. The molecule has 0 aromatic carbocycles. The molecule has 0 aliphatic carbocycles. The predicted molar refractivity (Wildman–Crippen MR) is 74.6 cm³/mol. The lowest BCUT2D eigenvalue weighted by atomic mass is 10.2. The molecule has 1 aliphatic rings. The standard InChI is InChI=1S/C13H26N4O2/c1-15(2)13(19)11-16-7-9-17(10-8-16)12(18)5-3-4-6-14/h3-11,14H2,1-2H3. The molecule has 0 unspecified atom stereocenters. The van der Waals surface area contributed by atoms with E-state index in [1.165, 1.54) is 0 Å². The summed E-state index contributed by atoms with van der Waals surface area (Å²) >= 11 is 0. The predicted octanol–water partition coefficient (Wildman–Crippen LogP) is -0.652. The van der Waals surface area contributed by atoms with Crippen molar-refractivity contribution in [1.82, 2.24) is 14.7 Å². The highest BCUT2D eigenvalue weighted by Crippen LogP contribution is 2.06. The Bertz CT molecular complexity index is 299. The number of piperazine rings is 1. The van der Waals surface area contributed by atoms with Gasteiger partial charge in [-0.15, -0.1) is 0 Å². The van der Waals surface area contributed by atoms with Gasteiger partial charge in [-0.3, -0.25) is 14.5 Å². The van der Waals surface area contributed by atoms with Gasteiger partial charge < -0.3 is 15.5 Å². The van der Waals surface area contributed by atoms with Crippen molar-refractivity contribution in [3.8, 4) is 0 Å². The van der Waals surface area contributed by atoms with Gasteiger partial charge in [0, 0.05) is 46.7 Å². The Labute approximate surface area is 115 Å². The van der Waals surface area contributed by atoms with Crippen molar-refractivity contribution in [2.75, 3.05) is 53.4 Å². The van der Waals surface area contributed by atoms with Crippen molar-refractivity contribution in [1.29, 1.82) is 0 Å². The zero-order chi connectivity index (χ0) is 14.3. The van der Waals surface area contributed by atoms with Gasteiger partial charge >= 0.3 is 0 Å². The van der Waals surface area contributed by atoms with Gasteiger partial charge in [-0.2, -0.15) is 0 Å². The molecule has 0 radical (unpaired) electrons. The fourth-order valence-electron chi connectivity index (χ4n) is 2.07. The van der Waals surface area contributed by atoms with Gasteiger partial charge in [0.15, 0.2) is 0 Å². The number of hydrogen-bond acceptors (Lipinski definition) is 4. The minimum absolute atomic E-state index is 0.114. The largest absolute Gasteiger partial charge is 0.348 e. The molecule has 1 heterocycles. The van der Waals surface area contributed by atoms with Crippen LogP contribution in [-0.4, -0.2) is 79.9 Å². The molecule has 0 atom stereocenters. The summed E-state index contributed by atoms with van der Waals surface area (Å²) in [5, 5.41) is 0. The first-order valence-electron chi connectivity index (χ1n) is 6.95. The average molecular weight is 270 g/mol. The maximum Gasteiger partial charge on any atom is 0.236 e. The lowest BCUT2D eigenvalue weighted by Gasteiger charge is -2.34. The minimum atomic E-state index is 0.114.